The number of ketones is 1. The third kappa shape index (κ3) is 3.98. The van der Waals surface area contributed by atoms with Crippen molar-refractivity contribution in [1.82, 2.24) is 4.40 Å². The van der Waals surface area contributed by atoms with Gasteiger partial charge in [-0.2, -0.15) is 22.0 Å². The number of fused-ring (bicyclic) bond motifs is 1. The van der Waals surface area contributed by atoms with Crippen molar-refractivity contribution in [2.75, 3.05) is 13.2 Å². The number of carbonyl (C=O) groups excluding carboxylic acids is 1. The van der Waals surface area contributed by atoms with Crippen LogP contribution in [0.3, 0.4) is 0 Å². The molecule has 0 bridgehead atoms. The molecule has 5 nitrogen and oxygen atoms in total. The molecule has 0 aliphatic carbocycles. The molecule has 32 heavy (non-hydrogen) atoms. The highest BCUT2D eigenvalue weighted by molar-refractivity contribution is 7.62. The van der Waals surface area contributed by atoms with Gasteiger partial charge in [-0.3, -0.25) is 9.36 Å². The first-order chi connectivity index (χ1) is 15.0. The smallest absolute Gasteiger partial charge is 0.312 e. The number of nitrogens with zero attached hydrogens (tertiary/aromatic N) is 1. The Morgan fingerprint density at radius 3 is 2.03 bits per heavy atom. The van der Waals surface area contributed by atoms with Gasteiger partial charge in [-0.05, 0) is 26.0 Å². The summed E-state index contributed by atoms with van der Waals surface area (Å²) in [6.07, 6.45) is -4.94. The van der Waals surface area contributed by atoms with Gasteiger partial charge in [0.2, 0.25) is 5.78 Å². The molecular weight excluding hydrogens is 456 g/mol. The van der Waals surface area contributed by atoms with Gasteiger partial charge in [-0.25, -0.2) is 0 Å². The number of hydrogen-bond acceptors (Lipinski definition) is 4. The summed E-state index contributed by atoms with van der Waals surface area (Å²) in [6.45, 7) is 2.20. The summed E-state index contributed by atoms with van der Waals surface area (Å²) < 4.78 is 95.4. The monoisotopic (exact) mass is 475 g/mol. The number of hydrogen-bond donors (Lipinski definition) is 0. The third-order valence-corrected chi connectivity index (χ3v) is 6.81. The zero-order valence-electron chi connectivity index (χ0n) is 17.0. The maximum atomic E-state index is 15.0. The standard InChI is InChI=1S/C21H19F5NO4P/c1-3-30-32(29,31-4-2)19-15-12-8-9-13-27(15)17(16(19)20(22,23)21(24,25)26)18(28)14-10-6-5-7-11-14/h5-13H,3-4H2,1-2H3. The highest BCUT2D eigenvalue weighted by atomic mass is 31.2. The van der Waals surface area contributed by atoms with Crippen molar-refractivity contribution >= 4 is 24.2 Å². The van der Waals surface area contributed by atoms with Gasteiger partial charge in [-0.1, -0.05) is 36.4 Å². The predicted molar refractivity (Wildman–Crippen MR) is 108 cm³/mol. The van der Waals surface area contributed by atoms with Crippen LogP contribution in [-0.2, 0) is 19.5 Å². The Bertz CT molecular complexity index is 1160. The van der Waals surface area contributed by atoms with E-state index in [1.54, 1.807) is 6.07 Å². The minimum absolute atomic E-state index is 0.121. The Labute approximate surface area is 180 Å². The molecule has 11 heteroatoms. The van der Waals surface area contributed by atoms with E-state index < -0.39 is 42.0 Å². The van der Waals surface area contributed by atoms with E-state index in [0.29, 0.717) is 0 Å². The summed E-state index contributed by atoms with van der Waals surface area (Å²) in [7, 11) is -4.68. The molecule has 0 N–H and O–H groups in total. The van der Waals surface area contributed by atoms with Gasteiger partial charge in [0.1, 0.15) is 5.69 Å². The van der Waals surface area contributed by atoms with E-state index in [2.05, 4.69) is 0 Å². The number of carbonyl (C=O) groups is 1. The normalized spacial score (nSPS) is 13.0. The first-order valence-corrected chi connectivity index (χ1v) is 11.1. The van der Waals surface area contributed by atoms with Crippen LogP contribution < -0.4 is 5.30 Å². The molecule has 0 atom stereocenters. The second-order valence-corrected chi connectivity index (χ2v) is 8.59. The molecule has 0 radical (unpaired) electrons. The highest BCUT2D eigenvalue weighted by Crippen LogP contribution is 2.55. The molecule has 0 aliphatic heterocycles. The Morgan fingerprint density at radius 1 is 0.938 bits per heavy atom. The average molecular weight is 475 g/mol. The fraction of sp³-hybridized carbons (Fsp3) is 0.286. The maximum absolute atomic E-state index is 15.0. The molecular formula is C21H19F5NO4P. The third-order valence-electron chi connectivity index (χ3n) is 4.61. The van der Waals surface area contributed by atoms with Gasteiger partial charge in [-0.15, -0.1) is 0 Å². The SMILES string of the molecule is CCOP(=O)(OCC)c1c(C(F)(F)C(F)(F)F)c(C(=O)c2ccccc2)n2ccccc12. The summed E-state index contributed by atoms with van der Waals surface area (Å²) >= 11 is 0. The average Bonchev–Trinajstić information content (AvgIpc) is 3.10. The lowest BCUT2D eigenvalue weighted by Gasteiger charge is -2.24. The molecule has 3 aromatic rings. The fourth-order valence-corrected chi connectivity index (χ4v) is 5.36. The second kappa shape index (κ2) is 8.77. The zero-order chi connectivity index (χ0) is 23.7. The van der Waals surface area contributed by atoms with Crippen molar-refractivity contribution < 1.29 is 40.4 Å². The second-order valence-electron chi connectivity index (χ2n) is 6.63. The molecule has 0 fully saturated rings. The van der Waals surface area contributed by atoms with Crippen LogP contribution in [0.15, 0.2) is 54.7 Å². The zero-order valence-corrected chi connectivity index (χ0v) is 17.9. The Hall–Kier alpha value is -2.55. The molecule has 3 rings (SSSR count). The lowest BCUT2D eigenvalue weighted by Crippen LogP contribution is -2.38. The lowest BCUT2D eigenvalue weighted by atomic mass is 10.0. The summed E-state index contributed by atoms with van der Waals surface area (Å²) in [6, 6.07) is 10.9. The van der Waals surface area contributed by atoms with E-state index in [4.69, 9.17) is 9.05 Å². The predicted octanol–water partition coefficient (Wildman–Crippen LogP) is 5.72. The van der Waals surface area contributed by atoms with Crippen LogP contribution in [-0.4, -0.2) is 29.6 Å². The van der Waals surface area contributed by atoms with Gasteiger partial charge in [0, 0.05) is 11.8 Å². The quantitative estimate of drug-likeness (QED) is 0.238. The number of pyridine rings is 1. The van der Waals surface area contributed by atoms with E-state index in [-0.39, 0.29) is 24.3 Å². The summed E-state index contributed by atoms with van der Waals surface area (Å²) in [4.78, 5) is 13.2. The van der Waals surface area contributed by atoms with Crippen molar-refractivity contribution in [2.45, 2.75) is 25.9 Å². The molecule has 172 valence electrons. The largest absolute Gasteiger partial charge is 0.458 e. The van der Waals surface area contributed by atoms with E-state index in [0.717, 1.165) is 10.6 Å². The number of alkyl halides is 5. The molecule has 0 saturated carbocycles. The summed E-state index contributed by atoms with van der Waals surface area (Å²) in [5.41, 5.74) is -3.14. The van der Waals surface area contributed by atoms with Crippen molar-refractivity contribution in [3.05, 3.63) is 71.5 Å². The molecule has 0 spiro atoms. The molecule has 0 unspecified atom stereocenters. The Balaban J connectivity index is 2.53. The number of halogens is 5. The molecule has 1 aromatic carbocycles. The van der Waals surface area contributed by atoms with Crippen LogP contribution in [0, 0.1) is 0 Å². The minimum atomic E-state index is -6.08. The van der Waals surface area contributed by atoms with E-state index in [1.165, 1.54) is 56.3 Å². The van der Waals surface area contributed by atoms with Crippen molar-refractivity contribution in [3.63, 3.8) is 0 Å². The summed E-state index contributed by atoms with van der Waals surface area (Å²) in [5.74, 6) is -6.63. The number of aromatic nitrogens is 1. The van der Waals surface area contributed by atoms with Crippen LogP contribution in [0.1, 0.15) is 35.5 Å². The Morgan fingerprint density at radius 2 is 1.50 bits per heavy atom. The van der Waals surface area contributed by atoms with Crippen molar-refractivity contribution in [3.8, 4) is 0 Å². The van der Waals surface area contributed by atoms with E-state index >= 15 is 0 Å². The molecule has 2 aromatic heterocycles. The van der Waals surface area contributed by atoms with E-state index in [9.17, 15) is 31.3 Å². The van der Waals surface area contributed by atoms with Crippen molar-refractivity contribution in [2.24, 2.45) is 0 Å². The van der Waals surface area contributed by atoms with Crippen LogP contribution >= 0.6 is 7.60 Å². The van der Waals surface area contributed by atoms with Gasteiger partial charge in [0.15, 0.2) is 0 Å². The lowest BCUT2D eigenvalue weighted by molar-refractivity contribution is -0.289. The first kappa shape index (κ1) is 24.1. The van der Waals surface area contributed by atoms with Crippen LogP contribution in [0.4, 0.5) is 22.0 Å². The fourth-order valence-electron chi connectivity index (χ4n) is 3.36. The maximum Gasteiger partial charge on any atom is 0.458 e. The van der Waals surface area contributed by atoms with Crippen LogP contribution in [0.5, 0.6) is 0 Å². The highest BCUT2D eigenvalue weighted by Gasteiger charge is 2.63. The van der Waals surface area contributed by atoms with Gasteiger partial charge in [0.05, 0.1) is 29.6 Å². The van der Waals surface area contributed by atoms with Crippen molar-refractivity contribution in [1.29, 1.82) is 0 Å². The number of benzene rings is 1. The molecule has 0 saturated heterocycles. The van der Waals surface area contributed by atoms with Gasteiger partial charge in [0.25, 0.3) is 0 Å². The minimum Gasteiger partial charge on any atom is -0.312 e. The van der Waals surface area contributed by atoms with Gasteiger partial charge >= 0.3 is 19.7 Å². The topological polar surface area (TPSA) is 57.0 Å². The van der Waals surface area contributed by atoms with Crippen LogP contribution in [0.25, 0.3) is 5.52 Å². The molecule has 0 amide bonds. The summed E-state index contributed by atoms with van der Waals surface area (Å²) in [5, 5.41) is -0.983. The Kier molecular flexibility index (Phi) is 6.60. The number of rotatable bonds is 8. The van der Waals surface area contributed by atoms with E-state index in [1.807, 2.05) is 0 Å². The molecule has 2 heterocycles. The molecule has 0 aliphatic rings. The van der Waals surface area contributed by atoms with Gasteiger partial charge < -0.3 is 13.4 Å². The van der Waals surface area contributed by atoms with Crippen LogP contribution in [0.2, 0.25) is 0 Å². The first-order valence-electron chi connectivity index (χ1n) is 9.57.